The molecule has 1 aromatic rings. The molecule has 1 rings (SSSR count). The first-order chi connectivity index (χ1) is 9.54. The van der Waals surface area contributed by atoms with Gasteiger partial charge in [0.05, 0.1) is 25.7 Å². The Morgan fingerprint density at radius 3 is 2.55 bits per heavy atom. The van der Waals surface area contributed by atoms with Crippen molar-refractivity contribution in [3.8, 4) is 5.75 Å². The summed E-state index contributed by atoms with van der Waals surface area (Å²) in [5.74, 6) is -0.0906. The first-order valence-electron chi connectivity index (χ1n) is 7.04. The van der Waals surface area contributed by atoms with Gasteiger partial charge in [-0.05, 0) is 43.5 Å². The lowest BCUT2D eigenvalue weighted by molar-refractivity contribution is -0.152. The molecule has 0 aromatic heterocycles. The van der Waals surface area contributed by atoms with Gasteiger partial charge in [0.15, 0.2) is 0 Å². The van der Waals surface area contributed by atoms with Gasteiger partial charge in [0, 0.05) is 0 Å². The number of methoxy groups -OCH3 is 1. The molecule has 112 valence electrons. The third-order valence-corrected chi connectivity index (χ3v) is 3.33. The molecule has 0 aliphatic rings. The molecule has 0 fully saturated rings. The fraction of sp³-hybridized carbons (Fsp3) is 0.562. The average Bonchev–Trinajstić information content (AvgIpc) is 2.44. The lowest BCUT2D eigenvalue weighted by Gasteiger charge is -2.22. The minimum absolute atomic E-state index is 0.327. The van der Waals surface area contributed by atoms with Crippen LogP contribution in [-0.2, 0) is 9.53 Å². The van der Waals surface area contributed by atoms with Gasteiger partial charge < -0.3 is 14.6 Å². The van der Waals surface area contributed by atoms with Gasteiger partial charge in [-0.1, -0.05) is 19.4 Å². The van der Waals surface area contributed by atoms with Crippen molar-refractivity contribution >= 4 is 5.97 Å². The molecule has 4 nitrogen and oxygen atoms in total. The minimum Gasteiger partial charge on any atom is -0.496 e. The molecule has 0 aliphatic heterocycles. The van der Waals surface area contributed by atoms with Crippen LogP contribution in [0.15, 0.2) is 18.2 Å². The number of esters is 1. The Labute approximate surface area is 120 Å². The maximum Gasteiger partial charge on any atom is 0.311 e. The Bertz CT molecular complexity index is 442. The van der Waals surface area contributed by atoms with Crippen molar-refractivity contribution in [1.82, 2.24) is 0 Å². The van der Waals surface area contributed by atoms with Crippen molar-refractivity contribution in [1.29, 1.82) is 0 Å². The van der Waals surface area contributed by atoms with Crippen LogP contribution in [-0.4, -0.2) is 24.8 Å². The zero-order valence-corrected chi connectivity index (χ0v) is 12.7. The predicted molar refractivity (Wildman–Crippen MR) is 77.7 cm³/mol. The summed E-state index contributed by atoms with van der Waals surface area (Å²) in [5.41, 5.74) is 1.65. The van der Waals surface area contributed by atoms with Crippen molar-refractivity contribution in [2.24, 2.45) is 5.92 Å². The Kier molecular flexibility index (Phi) is 6.52. The normalized spacial score (nSPS) is 13.7. The number of benzene rings is 1. The van der Waals surface area contributed by atoms with Gasteiger partial charge >= 0.3 is 5.97 Å². The zero-order valence-electron chi connectivity index (χ0n) is 12.7. The maximum atomic E-state index is 11.9. The van der Waals surface area contributed by atoms with Gasteiger partial charge in [-0.2, -0.15) is 0 Å². The molecule has 20 heavy (non-hydrogen) atoms. The molecular formula is C16H24O4. The van der Waals surface area contributed by atoms with Crippen LogP contribution >= 0.6 is 0 Å². The van der Waals surface area contributed by atoms with E-state index in [2.05, 4.69) is 0 Å². The molecular weight excluding hydrogens is 256 g/mol. The Morgan fingerprint density at radius 2 is 2.05 bits per heavy atom. The molecule has 4 heteroatoms. The maximum absolute atomic E-state index is 11.9. The van der Waals surface area contributed by atoms with Crippen molar-refractivity contribution in [2.75, 3.05) is 13.7 Å². The number of ether oxygens (including phenoxy) is 2. The van der Waals surface area contributed by atoms with E-state index in [9.17, 15) is 9.90 Å². The van der Waals surface area contributed by atoms with Gasteiger partial charge in [-0.3, -0.25) is 4.79 Å². The highest BCUT2D eigenvalue weighted by Gasteiger charge is 2.28. The summed E-state index contributed by atoms with van der Waals surface area (Å²) in [6.45, 7) is 5.99. The summed E-state index contributed by atoms with van der Waals surface area (Å²) < 4.78 is 10.3. The van der Waals surface area contributed by atoms with Crippen molar-refractivity contribution in [3.05, 3.63) is 29.3 Å². The topological polar surface area (TPSA) is 55.8 Å². The van der Waals surface area contributed by atoms with Crippen molar-refractivity contribution in [3.63, 3.8) is 0 Å². The fourth-order valence-corrected chi connectivity index (χ4v) is 2.28. The Morgan fingerprint density at radius 1 is 1.35 bits per heavy atom. The summed E-state index contributed by atoms with van der Waals surface area (Å²) in [5, 5.41) is 10.5. The number of hydrogen-bond donors (Lipinski definition) is 1. The van der Waals surface area contributed by atoms with Crippen LogP contribution < -0.4 is 4.74 Å². The highest BCUT2D eigenvalue weighted by atomic mass is 16.5. The molecule has 0 saturated carbocycles. The minimum atomic E-state index is -0.849. The number of hydrogen-bond acceptors (Lipinski definition) is 4. The van der Waals surface area contributed by atoms with E-state index in [4.69, 9.17) is 9.47 Å². The molecule has 0 heterocycles. The van der Waals surface area contributed by atoms with Gasteiger partial charge in [0.1, 0.15) is 5.75 Å². The third kappa shape index (κ3) is 3.97. The van der Waals surface area contributed by atoms with Crippen LogP contribution in [0.25, 0.3) is 0 Å². The number of carbonyl (C=O) groups is 1. The van der Waals surface area contributed by atoms with E-state index in [0.29, 0.717) is 13.0 Å². The first-order valence-corrected chi connectivity index (χ1v) is 7.04. The Balaban J connectivity index is 2.96. The second kappa shape index (κ2) is 7.90. The van der Waals surface area contributed by atoms with Gasteiger partial charge in [0.2, 0.25) is 0 Å². The molecule has 0 bridgehead atoms. The van der Waals surface area contributed by atoms with Crippen molar-refractivity contribution in [2.45, 2.75) is 39.7 Å². The lowest BCUT2D eigenvalue weighted by atomic mass is 9.91. The summed E-state index contributed by atoms with van der Waals surface area (Å²) in [4.78, 5) is 11.9. The number of aliphatic hydroxyl groups is 1. The van der Waals surface area contributed by atoms with E-state index in [-0.39, 0.29) is 5.97 Å². The standard InChI is InChI=1S/C16H24O4/c1-5-7-13(16(18)20-6-2)15(17)12-8-9-14(19-4)11(3)10-12/h8-10,13,15,17H,5-7H2,1-4H3. The van der Waals surface area contributed by atoms with E-state index >= 15 is 0 Å². The van der Waals surface area contributed by atoms with Crippen LogP contribution in [0.1, 0.15) is 43.9 Å². The number of rotatable bonds is 7. The average molecular weight is 280 g/mol. The molecule has 0 saturated heterocycles. The quantitative estimate of drug-likeness (QED) is 0.780. The Hall–Kier alpha value is -1.55. The predicted octanol–water partition coefficient (Wildman–Crippen LogP) is 3.02. The monoisotopic (exact) mass is 280 g/mol. The van der Waals surface area contributed by atoms with E-state index in [1.165, 1.54) is 0 Å². The van der Waals surface area contributed by atoms with Crippen LogP contribution in [0.3, 0.4) is 0 Å². The van der Waals surface area contributed by atoms with Crippen LogP contribution in [0.5, 0.6) is 5.75 Å². The van der Waals surface area contributed by atoms with Gasteiger partial charge in [-0.15, -0.1) is 0 Å². The van der Waals surface area contributed by atoms with E-state index in [1.807, 2.05) is 26.0 Å². The summed E-state index contributed by atoms with van der Waals surface area (Å²) >= 11 is 0. The van der Waals surface area contributed by atoms with Gasteiger partial charge in [0.25, 0.3) is 0 Å². The molecule has 0 aliphatic carbocycles. The number of aliphatic hydroxyl groups excluding tert-OH is 1. The molecule has 0 amide bonds. The van der Waals surface area contributed by atoms with Crippen molar-refractivity contribution < 1.29 is 19.4 Å². The van der Waals surface area contributed by atoms with E-state index in [1.54, 1.807) is 20.1 Å². The zero-order chi connectivity index (χ0) is 15.1. The smallest absolute Gasteiger partial charge is 0.311 e. The molecule has 1 aromatic carbocycles. The lowest BCUT2D eigenvalue weighted by Crippen LogP contribution is -2.24. The largest absolute Gasteiger partial charge is 0.496 e. The van der Waals surface area contributed by atoms with Crippen LogP contribution in [0.4, 0.5) is 0 Å². The SMILES string of the molecule is CCCC(C(=O)OCC)C(O)c1ccc(OC)c(C)c1. The summed E-state index contributed by atoms with van der Waals surface area (Å²) in [7, 11) is 1.61. The van der Waals surface area contributed by atoms with Gasteiger partial charge in [-0.25, -0.2) is 0 Å². The molecule has 2 unspecified atom stereocenters. The second-order valence-electron chi connectivity index (χ2n) is 4.82. The van der Waals surface area contributed by atoms with E-state index < -0.39 is 12.0 Å². The third-order valence-electron chi connectivity index (χ3n) is 3.33. The molecule has 0 radical (unpaired) electrons. The first kappa shape index (κ1) is 16.5. The number of aryl methyl sites for hydroxylation is 1. The highest BCUT2D eigenvalue weighted by Crippen LogP contribution is 2.30. The summed E-state index contributed by atoms with van der Waals surface area (Å²) in [6.07, 6.45) is 0.569. The molecule has 1 N–H and O–H groups in total. The van der Waals surface area contributed by atoms with E-state index in [0.717, 1.165) is 23.3 Å². The van der Waals surface area contributed by atoms with Crippen LogP contribution in [0, 0.1) is 12.8 Å². The highest BCUT2D eigenvalue weighted by molar-refractivity contribution is 5.73. The fourth-order valence-electron chi connectivity index (χ4n) is 2.28. The van der Waals surface area contributed by atoms with Crippen LogP contribution in [0.2, 0.25) is 0 Å². The summed E-state index contributed by atoms with van der Waals surface area (Å²) in [6, 6.07) is 5.45. The number of carbonyl (C=O) groups excluding carboxylic acids is 1. The molecule has 2 atom stereocenters. The second-order valence-corrected chi connectivity index (χ2v) is 4.82. The molecule has 0 spiro atoms.